The van der Waals surface area contributed by atoms with Gasteiger partial charge in [0.1, 0.15) is 0 Å². The summed E-state index contributed by atoms with van der Waals surface area (Å²) in [5.74, 6) is -0.134. The van der Waals surface area contributed by atoms with Crippen LogP contribution in [0.5, 0.6) is 0 Å². The molecule has 0 aromatic heterocycles. The molecule has 0 unspecified atom stereocenters. The maximum Gasteiger partial charge on any atom is 0.307 e. The van der Waals surface area contributed by atoms with Gasteiger partial charge in [0.2, 0.25) is 0 Å². The molecule has 0 aromatic carbocycles. The lowest BCUT2D eigenvalue weighted by molar-refractivity contribution is -0.142. The quantitative estimate of drug-likeness (QED) is 0.371. The Balaban J connectivity index is 3.16. The third-order valence-corrected chi connectivity index (χ3v) is 1.54. The smallest absolute Gasteiger partial charge is 0.307 e. The fraction of sp³-hybridized carbons (Fsp3) is 0.700. The van der Waals surface area contributed by atoms with Crippen LogP contribution in [0.4, 0.5) is 0 Å². The zero-order valence-corrected chi connectivity index (χ0v) is 8.56. The summed E-state index contributed by atoms with van der Waals surface area (Å²) in [5, 5.41) is 3.14. The number of hydrogen-bond acceptors (Lipinski definition) is 3. The van der Waals surface area contributed by atoms with Crippen molar-refractivity contribution in [2.75, 3.05) is 19.7 Å². The summed E-state index contributed by atoms with van der Waals surface area (Å²) in [6.07, 6.45) is 1.41. The number of carbonyl (C=O) groups is 1. The topological polar surface area (TPSA) is 38.3 Å². The van der Waals surface area contributed by atoms with Crippen molar-refractivity contribution < 1.29 is 9.53 Å². The maximum absolute atomic E-state index is 10.9. The lowest BCUT2D eigenvalue weighted by Gasteiger charge is -2.03. The molecule has 0 aliphatic rings. The molecule has 0 heterocycles. The van der Waals surface area contributed by atoms with Gasteiger partial charge in [-0.05, 0) is 26.8 Å². The fourth-order valence-corrected chi connectivity index (χ4v) is 0.850. The van der Waals surface area contributed by atoms with Gasteiger partial charge in [-0.15, -0.1) is 6.58 Å². The van der Waals surface area contributed by atoms with Crippen molar-refractivity contribution in [3.05, 3.63) is 12.2 Å². The van der Waals surface area contributed by atoms with Crippen molar-refractivity contribution in [3.8, 4) is 0 Å². The molecule has 0 aliphatic heterocycles. The van der Waals surface area contributed by atoms with Crippen LogP contribution in [0.1, 0.15) is 26.7 Å². The third-order valence-electron chi connectivity index (χ3n) is 1.54. The van der Waals surface area contributed by atoms with E-state index in [1.807, 2.05) is 13.8 Å². The van der Waals surface area contributed by atoms with E-state index in [1.54, 1.807) is 0 Å². The van der Waals surface area contributed by atoms with Crippen molar-refractivity contribution >= 4 is 5.97 Å². The second-order valence-corrected chi connectivity index (χ2v) is 3.01. The van der Waals surface area contributed by atoms with Gasteiger partial charge in [0.05, 0.1) is 13.0 Å². The van der Waals surface area contributed by atoms with Crippen LogP contribution < -0.4 is 5.32 Å². The Hall–Kier alpha value is -0.830. The van der Waals surface area contributed by atoms with E-state index >= 15 is 0 Å². The highest BCUT2D eigenvalue weighted by Crippen LogP contribution is 1.92. The molecule has 76 valence electrons. The molecule has 3 nitrogen and oxygen atoms in total. The Morgan fingerprint density at radius 3 is 2.54 bits per heavy atom. The summed E-state index contributed by atoms with van der Waals surface area (Å²) in [5.41, 5.74) is 1.16. The van der Waals surface area contributed by atoms with Gasteiger partial charge in [-0.25, -0.2) is 0 Å². The minimum atomic E-state index is -0.134. The predicted molar refractivity (Wildman–Crippen MR) is 53.6 cm³/mol. The second-order valence-electron chi connectivity index (χ2n) is 3.01. The molecule has 0 rings (SSSR count). The Morgan fingerprint density at radius 1 is 1.38 bits per heavy atom. The van der Waals surface area contributed by atoms with E-state index in [9.17, 15) is 4.79 Å². The van der Waals surface area contributed by atoms with Crippen LogP contribution in [-0.4, -0.2) is 25.7 Å². The monoisotopic (exact) mass is 185 g/mol. The summed E-state index contributed by atoms with van der Waals surface area (Å²) >= 11 is 0. The largest absolute Gasteiger partial charge is 0.466 e. The average Bonchev–Trinajstić information content (AvgIpc) is 2.03. The molecule has 1 N–H and O–H groups in total. The number of carbonyl (C=O) groups excluding carboxylic acids is 1. The molecular formula is C10H19NO2. The van der Waals surface area contributed by atoms with E-state index < -0.39 is 0 Å². The Bertz CT molecular complexity index is 166. The van der Waals surface area contributed by atoms with Gasteiger partial charge in [0.25, 0.3) is 0 Å². The van der Waals surface area contributed by atoms with Gasteiger partial charge in [-0.1, -0.05) is 5.57 Å². The molecule has 0 radical (unpaired) electrons. The SMILES string of the molecule is C=C(C)CCNCCC(=O)OCC. The molecule has 0 saturated heterocycles. The van der Waals surface area contributed by atoms with E-state index in [0.717, 1.165) is 18.5 Å². The first-order valence-corrected chi connectivity index (χ1v) is 4.67. The lowest BCUT2D eigenvalue weighted by Crippen LogP contribution is -2.20. The number of esters is 1. The zero-order chi connectivity index (χ0) is 10.1. The highest BCUT2D eigenvalue weighted by atomic mass is 16.5. The molecule has 0 atom stereocenters. The first-order valence-electron chi connectivity index (χ1n) is 4.67. The predicted octanol–water partition coefficient (Wildman–Crippen LogP) is 1.50. The Morgan fingerprint density at radius 2 is 2.00 bits per heavy atom. The van der Waals surface area contributed by atoms with E-state index in [-0.39, 0.29) is 5.97 Å². The zero-order valence-electron chi connectivity index (χ0n) is 8.56. The van der Waals surface area contributed by atoms with Crippen LogP contribution in [-0.2, 0) is 9.53 Å². The van der Waals surface area contributed by atoms with Crippen molar-refractivity contribution in [1.29, 1.82) is 0 Å². The first-order chi connectivity index (χ1) is 6.16. The average molecular weight is 185 g/mol. The van der Waals surface area contributed by atoms with Crippen LogP contribution in [0.25, 0.3) is 0 Å². The number of hydrogen-bond donors (Lipinski definition) is 1. The molecule has 13 heavy (non-hydrogen) atoms. The van der Waals surface area contributed by atoms with Gasteiger partial charge < -0.3 is 10.1 Å². The number of rotatable bonds is 7. The van der Waals surface area contributed by atoms with Crippen molar-refractivity contribution in [1.82, 2.24) is 5.32 Å². The van der Waals surface area contributed by atoms with Crippen molar-refractivity contribution in [3.63, 3.8) is 0 Å². The molecular weight excluding hydrogens is 166 g/mol. The minimum Gasteiger partial charge on any atom is -0.466 e. The van der Waals surface area contributed by atoms with E-state index in [0.29, 0.717) is 19.6 Å². The molecule has 0 fully saturated rings. The molecule has 0 amide bonds. The Kier molecular flexibility index (Phi) is 7.30. The fourth-order valence-electron chi connectivity index (χ4n) is 0.850. The van der Waals surface area contributed by atoms with Crippen LogP contribution >= 0.6 is 0 Å². The first kappa shape index (κ1) is 12.2. The number of ether oxygens (including phenoxy) is 1. The highest BCUT2D eigenvalue weighted by molar-refractivity contribution is 5.69. The second kappa shape index (κ2) is 7.80. The van der Waals surface area contributed by atoms with Crippen LogP contribution in [0.15, 0.2) is 12.2 Å². The van der Waals surface area contributed by atoms with E-state index in [2.05, 4.69) is 11.9 Å². The summed E-state index contributed by atoms with van der Waals surface area (Å²) in [7, 11) is 0. The molecule has 0 bridgehead atoms. The van der Waals surface area contributed by atoms with E-state index in [1.165, 1.54) is 0 Å². The molecule has 0 spiro atoms. The summed E-state index contributed by atoms with van der Waals surface area (Å²) in [4.78, 5) is 10.9. The maximum atomic E-state index is 10.9. The molecule has 3 heteroatoms. The molecule has 0 saturated carbocycles. The van der Waals surface area contributed by atoms with Gasteiger partial charge in [-0.2, -0.15) is 0 Å². The van der Waals surface area contributed by atoms with Gasteiger partial charge in [-0.3, -0.25) is 4.79 Å². The summed E-state index contributed by atoms with van der Waals surface area (Å²) in [6, 6.07) is 0. The van der Waals surface area contributed by atoms with Gasteiger partial charge in [0.15, 0.2) is 0 Å². The van der Waals surface area contributed by atoms with Crippen molar-refractivity contribution in [2.45, 2.75) is 26.7 Å². The highest BCUT2D eigenvalue weighted by Gasteiger charge is 1.99. The van der Waals surface area contributed by atoms with E-state index in [4.69, 9.17) is 4.74 Å². The third kappa shape index (κ3) is 9.08. The van der Waals surface area contributed by atoms with Crippen LogP contribution in [0.2, 0.25) is 0 Å². The minimum absolute atomic E-state index is 0.134. The van der Waals surface area contributed by atoms with Gasteiger partial charge >= 0.3 is 5.97 Å². The summed E-state index contributed by atoms with van der Waals surface area (Å²) in [6.45, 7) is 9.62. The van der Waals surface area contributed by atoms with Crippen molar-refractivity contribution in [2.24, 2.45) is 0 Å². The normalized spacial score (nSPS) is 9.69. The van der Waals surface area contributed by atoms with Crippen LogP contribution in [0.3, 0.4) is 0 Å². The number of nitrogens with one attached hydrogen (secondary N) is 1. The van der Waals surface area contributed by atoms with Crippen LogP contribution in [0, 0.1) is 0 Å². The standard InChI is InChI=1S/C10H19NO2/c1-4-13-10(12)6-8-11-7-5-9(2)3/h11H,2,4-8H2,1,3H3. The lowest BCUT2D eigenvalue weighted by atomic mass is 10.2. The molecule has 0 aromatic rings. The molecule has 0 aliphatic carbocycles. The van der Waals surface area contributed by atoms with Gasteiger partial charge in [0, 0.05) is 6.54 Å². The Labute approximate surface area is 80.2 Å². The summed E-state index contributed by atoms with van der Waals surface area (Å²) < 4.78 is 4.77.